The van der Waals surface area contributed by atoms with Crippen molar-refractivity contribution < 1.29 is 23.8 Å². The molecule has 1 atom stereocenters. The maximum atomic E-state index is 13.9. The molecule has 0 N–H and O–H groups in total. The molecule has 0 spiro atoms. The molecule has 1 aliphatic rings. The number of allylic oxidation sites excluding steroid dienone is 1. The smallest absolute Gasteiger partial charge is 0.344 e. The number of hydrogen-bond acceptors (Lipinski definition) is 8. The maximum absolute atomic E-state index is 13.9. The summed E-state index contributed by atoms with van der Waals surface area (Å²) < 4.78 is 19.6. The molecule has 39 heavy (non-hydrogen) atoms. The highest BCUT2D eigenvalue weighted by atomic mass is 127. The van der Waals surface area contributed by atoms with Crippen molar-refractivity contribution in [3.05, 3.63) is 92.1 Å². The fraction of sp³-hybridized carbons (Fsp3) is 0.286. The summed E-state index contributed by atoms with van der Waals surface area (Å²) in [5, 5.41) is 0. The lowest BCUT2D eigenvalue weighted by atomic mass is 9.95. The Labute approximate surface area is 251 Å². The van der Waals surface area contributed by atoms with E-state index in [0.717, 1.165) is 19.2 Å². The van der Waals surface area contributed by atoms with Gasteiger partial charge in [-0.05, 0) is 74.1 Å². The molecule has 0 aliphatic carbocycles. The number of carbonyl (C=O) groups is 2. The Kier molecular flexibility index (Phi) is 9.44. The molecule has 0 radical (unpaired) electrons. The molecule has 0 bridgehead atoms. The van der Waals surface area contributed by atoms with Crippen LogP contribution in [0.3, 0.4) is 0 Å². The number of hydrogen-bond donors (Lipinski definition) is 0. The van der Waals surface area contributed by atoms with Gasteiger partial charge in [-0.3, -0.25) is 9.36 Å². The van der Waals surface area contributed by atoms with Crippen LogP contribution >= 0.6 is 49.9 Å². The Morgan fingerprint density at radius 3 is 2.49 bits per heavy atom. The van der Waals surface area contributed by atoms with Gasteiger partial charge in [-0.25, -0.2) is 14.6 Å². The van der Waals surface area contributed by atoms with Gasteiger partial charge in [0.1, 0.15) is 5.75 Å². The van der Waals surface area contributed by atoms with Gasteiger partial charge >= 0.3 is 11.9 Å². The van der Waals surface area contributed by atoms with Crippen LogP contribution in [0.4, 0.5) is 0 Å². The minimum Gasteiger partial charge on any atom is -0.480 e. The van der Waals surface area contributed by atoms with Crippen LogP contribution < -0.4 is 19.6 Å². The summed E-state index contributed by atoms with van der Waals surface area (Å²) in [5.74, 6) is -0.535. The number of aryl methyl sites for hydroxylation is 1. The van der Waals surface area contributed by atoms with Crippen LogP contribution in [0, 0.1) is 10.5 Å². The molecule has 1 aliphatic heterocycles. The third kappa shape index (κ3) is 6.36. The average molecular weight is 725 g/mol. The zero-order valence-corrected chi connectivity index (χ0v) is 26.3. The molecule has 0 saturated heterocycles. The number of ether oxygens (including phenoxy) is 3. The van der Waals surface area contributed by atoms with E-state index < -0.39 is 18.0 Å². The summed E-state index contributed by atoms with van der Waals surface area (Å²) in [4.78, 5) is 44.0. The van der Waals surface area contributed by atoms with E-state index in [2.05, 4.69) is 43.5 Å². The van der Waals surface area contributed by atoms with Crippen LogP contribution in [-0.4, -0.2) is 36.3 Å². The number of carbonyl (C=O) groups excluding carboxylic acids is 2. The highest BCUT2D eigenvalue weighted by molar-refractivity contribution is 14.1. The van der Waals surface area contributed by atoms with E-state index >= 15 is 0 Å². The molecule has 0 unspecified atom stereocenters. The number of nitrogens with zero attached hydrogens (tertiary/aromatic N) is 2. The Balaban J connectivity index is 1.89. The molecule has 2 heterocycles. The molecule has 2 aromatic carbocycles. The number of thiazole rings is 1. The van der Waals surface area contributed by atoms with E-state index in [9.17, 15) is 14.4 Å². The van der Waals surface area contributed by atoms with Crippen molar-refractivity contribution in [3.63, 3.8) is 0 Å². The standard InChI is InChI=1S/C28H26BrIN2O6S/c1-5-36-22(33)14-38-25-18(11-19(29)13-20(25)30)12-21-26(34)32-24(17-9-7-15(3)8-10-17)23(27(35)37-6-2)16(4)31-28(32)39-21/h7-13,24H,5-6,14H2,1-4H3/b21-12-/t24-/m0/s1. The van der Waals surface area contributed by atoms with E-state index in [1.165, 1.54) is 11.3 Å². The van der Waals surface area contributed by atoms with Crippen LogP contribution in [0.15, 0.2) is 61.9 Å². The molecule has 0 amide bonds. The molecule has 11 heteroatoms. The predicted octanol–water partition coefficient (Wildman–Crippen LogP) is 4.42. The molecule has 8 nitrogen and oxygen atoms in total. The Morgan fingerprint density at radius 1 is 1.13 bits per heavy atom. The third-order valence-electron chi connectivity index (χ3n) is 5.87. The first-order valence-corrected chi connectivity index (χ1v) is 14.9. The van der Waals surface area contributed by atoms with Crippen molar-refractivity contribution in [2.24, 2.45) is 4.99 Å². The number of esters is 2. The van der Waals surface area contributed by atoms with Crippen LogP contribution in [0.1, 0.15) is 43.5 Å². The number of aromatic nitrogens is 1. The predicted molar refractivity (Wildman–Crippen MR) is 161 cm³/mol. The Bertz CT molecular complexity index is 1640. The van der Waals surface area contributed by atoms with Gasteiger partial charge in [0.05, 0.1) is 38.6 Å². The zero-order chi connectivity index (χ0) is 28.3. The summed E-state index contributed by atoms with van der Waals surface area (Å²) in [6.07, 6.45) is 1.72. The highest BCUT2D eigenvalue weighted by Gasteiger charge is 2.33. The van der Waals surface area contributed by atoms with Crippen molar-refractivity contribution in [1.82, 2.24) is 4.57 Å². The SMILES string of the molecule is CCOC(=O)COc1c(I)cc(Br)cc1/C=c1\sc2n(c1=O)[C@@H](c1ccc(C)cc1)C(C(=O)OCC)=C(C)N=2. The number of benzene rings is 2. The lowest BCUT2D eigenvalue weighted by Crippen LogP contribution is -2.39. The molecule has 3 aromatic rings. The van der Waals surface area contributed by atoms with Crippen LogP contribution in [-0.2, 0) is 19.1 Å². The maximum Gasteiger partial charge on any atom is 0.344 e. The van der Waals surface area contributed by atoms with Gasteiger partial charge < -0.3 is 14.2 Å². The summed E-state index contributed by atoms with van der Waals surface area (Å²) in [5.41, 5.74) is 2.98. The van der Waals surface area contributed by atoms with Crippen LogP contribution in [0.2, 0.25) is 0 Å². The first kappa shape index (κ1) is 29.2. The fourth-order valence-corrected chi connectivity index (χ4v) is 6.91. The zero-order valence-electron chi connectivity index (χ0n) is 21.7. The topological polar surface area (TPSA) is 96.2 Å². The first-order valence-electron chi connectivity index (χ1n) is 12.2. The molecule has 0 saturated carbocycles. The minimum atomic E-state index is -0.690. The molecule has 0 fully saturated rings. The van der Waals surface area contributed by atoms with Crippen molar-refractivity contribution in [2.45, 2.75) is 33.7 Å². The first-order chi connectivity index (χ1) is 18.6. The van der Waals surface area contributed by atoms with Crippen molar-refractivity contribution in [3.8, 4) is 5.75 Å². The van der Waals surface area contributed by atoms with E-state index in [1.54, 1.807) is 31.4 Å². The van der Waals surface area contributed by atoms with E-state index in [4.69, 9.17) is 14.2 Å². The van der Waals surface area contributed by atoms with Crippen molar-refractivity contribution in [1.29, 1.82) is 0 Å². The fourth-order valence-electron chi connectivity index (χ4n) is 4.17. The summed E-state index contributed by atoms with van der Waals surface area (Å²) in [6.45, 7) is 7.39. The summed E-state index contributed by atoms with van der Waals surface area (Å²) >= 11 is 6.84. The molecule has 1 aromatic heterocycles. The summed E-state index contributed by atoms with van der Waals surface area (Å²) in [7, 11) is 0. The lowest BCUT2D eigenvalue weighted by Gasteiger charge is -2.24. The molecule has 204 valence electrons. The average Bonchev–Trinajstić information content (AvgIpc) is 3.17. The van der Waals surface area contributed by atoms with Crippen molar-refractivity contribution >= 4 is 67.9 Å². The second-order valence-corrected chi connectivity index (χ2v) is 11.7. The van der Waals surface area contributed by atoms with E-state index in [1.807, 2.05) is 43.3 Å². The quantitative estimate of drug-likeness (QED) is 0.252. The molecular formula is C28H26BrIN2O6S. The van der Waals surface area contributed by atoms with Gasteiger partial charge in [0.25, 0.3) is 5.56 Å². The number of rotatable bonds is 8. The normalized spacial score (nSPS) is 15.0. The van der Waals surface area contributed by atoms with Gasteiger partial charge in [0, 0.05) is 10.0 Å². The Morgan fingerprint density at radius 2 is 1.82 bits per heavy atom. The lowest BCUT2D eigenvalue weighted by molar-refractivity contribution is -0.145. The van der Waals surface area contributed by atoms with Gasteiger partial charge in [-0.15, -0.1) is 0 Å². The third-order valence-corrected chi connectivity index (χ3v) is 8.12. The number of fused-ring (bicyclic) bond motifs is 1. The number of halogens is 2. The highest BCUT2D eigenvalue weighted by Crippen LogP contribution is 2.32. The van der Waals surface area contributed by atoms with E-state index in [-0.39, 0.29) is 25.4 Å². The summed E-state index contributed by atoms with van der Waals surface area (Å²) in [6, 6.07) is 10.7. The monoisotopic (exact) mass is 724 g/mol. The van der Waals surface area contributed by atoms with Crippen LogP contribution in [0.25, 0.3) is 6.08 Å². The second-order valence-electron chi connectivity index (χ2n) is 8.61. The molecule has 4 rings (SSSR count). The largest absolute Gasteiger partial charge is 0.480 e. The Hall–Kier alpha value is -2.77. The minimum absolute atomic E-state index is 0.205. The second kappa shape index (κ2) is 12.6. The van der Waals surface area contributed by atoms with E-state index in [0.29, 0.717) is 31.9 Å². The van der Waals surface area contributed by atoms with Gasteiger partial charge in [-0.1, -0.05) is 57.1 Å². The van der Waals surface area contributed by atoms with Crippen LogP contribution in [0.5, 0.6) is 5.75 Å². The van der Waals surface area contributed by atoms with Crippen molar-refractivity contribution in [2.75, 3.05) is 19.8 Å². The van der Waals surface area contributed by atoms with Gasteiger partial charge in [0.15, 0.2) is 11.4 Å². The molecular weight excluding hydrogens is 699 g/mol. The van der Waals surface area contributed by atoms with Gasteiger partial charge in [-0.2, -0.15) is 0 Å². The van der Waals surface area contributed by atoms with Gasteiger partial charge in [0.2, 0.25) is 0 Å².